The number of esters is 1. The van der Waals surface area contributed by atoms with Crippen molar-refractivity contribution in [2.45, 2.75) is 13.0 Å². The molecule has 2 aromatic heterocycles. The van der Waals surface area contributed by atoms with Gasteiger partial charge in [0.15, 0.2) is 0 Å². The molecular formula is C16H20N4O3. The van der Waals surface area contributed by atoms with Crippen molar-refractivity contribution in [2.75, 3.05) is 31.7 Å². The number of hydrogen-bond donors (Lipinski definition) is 1. The number of pyridine rings is 2. The van der Waals surface area contributed by atoms with Crippen LogP contribution in [-0.4, -0.2) is 48.8 Å². The van der Waals surface area contributed by atoms with Crippen LogP contribution in [0.25, 0.3) is 11.0 Å². The van der Waals surface area contributed by atoms with Gasteiger partial charge in [-0.1, -0.05) is 0 Å². The molecule has 2 N–H and O–H groups in total. The molecule has 0 spiro atoms. The molecule has 0 aromatic carbocycles. The molecule has 2 unspecified atom stereocenters. The molecule has 3 heterocycles. The van der Waals surface area contributed by atoms with Gasteiger partial charge in [0.1, 0.15) is 5.52 Å². The van der Waals surface area contributed by atoms with Crippen molar-refractivity contribution in [2.24, 2.45) is 11.7 Å². The molecule has 0 aliphatic carbocycles. The zero-order valence-corrected chi connectivity index (χ0v) is 13.2. The summed E-state index contributed by atoms with van der Waals surface area (Å²) in [6.07, 6.45) is 1.73. The number of carbonyl (C=O) groups is 1. The van der Waals surface area contributed by atoms with Crippen LogP contribution >= 0.6 is 0 Å². The summed E-state index contributed by atoms with van der Waals surface area (Å²) in [6.45, 7) is 3.24. The fraction of sp³-hybridized carbons (Fsp3) is 0.438. The van der Waals surface area contributed by atoms with E-state index in [9.17, 15) is 4.79 Å². The van der Waals surface area contributed by atoms with Gasteiger partial charge in [0, 0.05) is 31.4 Å². The fourth-order valence-corrected chi connectivity index (χ4v) is 2.89. The van der Waals surface area contributed by atoms with E-state index in [1.54, 1.807) is 26.3 Å². The highest BCUT2D eigenvalue weighted by molar-refractivity contribution is 5.89. The smallest absolute Gasteiger partial charge is 0.312 e. The van der Waals surface area contributed by atoms with Gasteiger partial charge in [0.2, 0.25) is 5.88 Å². The maximum Gasteiger partial charge on any atom is 0.312 e. The van der Waals surface area contributed by atoms with Gasteiger partial charge < -0.3 is 20.1 Å². The molecule has 1 aliphatic rings. The van der Waals surface area contributed by atoms with Crippen molar-refractivity contribution in [3.8, 4) is 5.88 Å². The van der Waals surface area contributed by atoms with Crippen molar-refractivity contribution in [3.63, 3.8) is 0 Å². The summed E-state index contributed by atoms with van der Waals surface area (Å²) in [5.74, 6) is -0.0487. The van der Waals surface area contributed by atoms with E-state index in [1.807, 2.05) is 12.1 Å². The standard InChI is InChI=1S/C16H20N4O3/c1-3-23-16(21)10-8-20(9-11(10)17)13-6-7-18-12-4-5-14(22-2)19-15(12)13/h4-7,10-11H,3,8-9,17H2,1-2H3. The van der Waals surface area contributed by atoms with E-state index < -0.39 is 0 Å². The normalized spacial score (nSPS) is 20.7. The Labute approximate surface area is 134 Å². The fourth-order valence-electron chi connectivity index (χ4n) is 2.89. The summed E-state index contributed by atoms with van der Waals surface area (Å²) in [6, 6.07) is 5.26. The van der Waals surface area contributed by atoms with Gasteiger partial charge in [0.25, 0.3) is 0 Å². The Morgan fingerprint density at radius 3 is 2.96 bits per heavy atom. The number of rotatable bonds is 4. The Kier molecular flexibility index (Phi) is 4.29. The second-order valence-corrected chi connectivity index (χ2v) is 5.48. The summed E-state index contributed by atoms with van der Waals surface area (Å²) in [5.41, 5.74) is 8.55. The first-order valence-corrected chi connectivity index (χ1v) is 7.61. The number of nitrogens with two attached hydrogens (primary N) is 1. The number of ether oxygens (including phenoxy) is 2. The number of anilines is 1. The first-order chi connectivity index (χ1) is 11.1. The van der Waals surface area contributed by atoms with E-state index in [0.29, 0.717) is 25.6 Å². The third-order valence-corrected chi connectivity index (χ3v) is 4.04. The quantitative estimate of drug-likeness (QED) is 0.840. The Morgan fingerprint density at radius 1 is 1.39 bits per heavy atom. The molecule has 2 atom stereocenters. The van der Waals surface area contributed by atoms with Crippen LogP contribution in [0.3, 0.4) is 0 Å². The summed E-state index contributed by atoms with van der Waals surface area (Å²) in [4.78, 5) is 22.9. The second-order valence-electron chi connectivity index (χ2n) is 5.48. The van der Waals surface area contributed by atoms with Crippen LogP contribution in [0.4, 0.5) is 5.69 Å². The van der Waals surface area contributed by atoms with Crippen LogP contribution in [0.2, 0.25) is 0 Å². The highest BCUT2D eigenvalue weighted by atomic mass is 16.5. The largest absolute Gasteiger partial charge is 0.481 e. The molecule has 3 rings (SSSR count). The summed E-state index contributed by atoms with van der Waals surface area (Å²) in [7, 11) is 1.58. The second kappa shape index (κ2) is 6.37. The van der Waals surface area contributed by atoms with Crippen molar-refractivity contribution in [1.29, 1.82) is 0 Å². The first-order valence-electron chi connectivity index (χ1n) is 7.61. The maximum absolute atomic E-state index is 12.0. The molecule has 1 aliphatic heterocycles. The van der Waals surface area contributed by atoms with E-state index in [2.05, 4.69) is 14.9 Å². The Hall–Kier alpha value is -2.41. The Balaban J connectivity index is 1.93. The van der Waals surface area contributed by atoms with Gasteiger partial charge in [-0.25, -0.2) is 4.98 Å². The molecule has 7 nitrogen and oxygen atoms in total. The van der Waals surface area contributed by atoms with Gasteiger partial charge in [-0.2, -0.15) is 0 Å². The lowest BCUT2D eigenvalue weighted by Gasteiger charge is -2.19. The highest BCUT2D eigenvalue weighted by Crippen LogP contribution is 2.30. The van der Waals surface area contributed by atoms with Gasteiger partial charge in [-0.3, -0.25) is 9.78 Å². The molecule has 0 saturated carbocycles. The Bertz CT molecular complexity index is 722. The van der Waals surface area contributed by atoms with Crippen LogP contribution in [0.1, 0.15) is 6.92 Å². The van der Waals surface area contributed by atoms with E-state index in [-0.39, 0.29) is 17.9 Å². The molecule has 23 heavy (non-hydrogen) atoms. The molecule has 2 aromatic rings. The van der Waals surface area contributed by atoms with Crippen LogP contribution in [-0.2, 0) is 9.53 Å². The minimum atomic E-state index is -0.330. The number of methoxy groups -OCH3 is 1. The third-order valence-electron chi connectivity index (χ3n) is 4.04. The summed E-state index contributed by atoms with van der Waals surface area (Å²) in [5, 5.41) is 0. The predicted octanol–water partition coefficient (Wildman–Crippen LogP) is 0.965. The molecule has 1 saturated heterocycles. The minimum absolute atomic E-state index is 0.244. The lowest BCUT2D eigenvalue weighted by Crippen LogP contribution is -2.35. The monoisotopic (exact) mass is 316 g/mol. The van der Waals surface area contributed by atoms with Crippen molar-refractivity contribution >= 4 is 22.7 Å². The molecule has 0 bridgehead atoms. The zero-order valence-electron chi connectivity index (χ0n) is 13.2. The average molecular weight is 316 g/mol. The highest BCUT2D eigenvalue weighted by Gasteiger charge is 2.37. The van der Waals surface area contributed by atoms with E-state index in [4.69, 9.17) is 15.2 Å². The number of carbonyl (C=O) groups excluding carboxylic acids is 1. The van der Waals surface area contributed by atoms with Crippen molar-refractivity contribution in [1.82, 2.24) is 9.97 Å². The maximum atomic E-state index is 12.0. The summed E-state index contributed by atoms with van der Waals surface area (Å²) >= 11 is 0. The number of fused-ring (bicyclic) bond motifs is 1. The summed E-state index contributed by atoms with van der Waals surface area (Å²) < 4.78 is 10.3. The van der Waals surface area contributed by atoms with Crippen LogP contribution in [0, 0.1) is 5.92 Å². The zero-order chi connectivity index (χ0) is 16.4. The van der Waals surface area contributed by atoms with E-state index >= 15 is 0 Å². The van der Waals surface area contributed by atoms with Gasteiger partial charge in [-0.05, 0) is 19.1 Å². The number of hydrogen-bond acceptors (Lipinski definition) is 7. The third kappa shape index (κ3) is 2.92. The van der Waals surface area contributed by atoms with Crippen molar-refractivity contribution < 1.29 is 14.3 Å². The van der Waals surface area contributed by atoms with Gasteiger partial charge in [-0.15, -0.1) is 0 Å². The molecule has 0 radical (unpaired) electrons. The average Bonchev–Trinajstić information content (AvgIpc) is 2.95. The Morgan fingerprint density at radius 2 is 2.22 bits per heavy atom. The lowest BCUT2D eigenvalue weighted by molar-refractivity contribution is -0.147. The van der Waals surface area contributed by atoms with Crippen LogP contribution in [0.15, 0.2) is 24.4 Å². The van der Waals surface area contributed by atoms with E-state index in [0.717, 1.165) is 16.7 Å². The van der Waals surface area contributed by atoms with Crippen LogP contribution < -0.4 is 15.4 Å². The minimum Gasteiger partial charge on any atom is -0.481 e. The van der Waals surface area contributed by atoms with Gasteiger partial charge >= 0.3 is 5.97 Å². The predicted molar refractivity (Wildman–Crippen MR) is 86.4 cm³/mol. The number of nitrogens with zero attached hydrogens (tertiary/aromatic N) is 3. The van der Waals surface area contributed by atoms with Gasteiger partial charge in [0.05, 0.1) is 30.8 Å². The molecule has 122 valence electrons. The number of aromatic nitrogens is 2. The van der Waals surface area contributed by atoms with Crippen LogP contribution in [0.5, 0.6) is 5.88 Å². The molecule has 7 heteroatoms. The van der Waals surface area contributed by atoms with E-state index in [1.165, 1.54) is 0 Å². The topological polar surface area (TPSA) is 90.6 Å². The first kappa shape index (κ1) is 15.5. The van der Waals surface area contributed by atoms with Crippen molar-refractivity contribution in [3.05, 3.63) is 24.4 Å². The molecule has 0 amide bonds. The lowest BCUT2D eigenvalue weighted by atomic mass is 10.1. The molecular weight excluding hydrogens is 296 g/mol. The molecule has 1 fully saturated rings. The SMILES string of the molecule is CCOC(=O)C1CN(c2ccnc3ccc(OC)nc23)CC1N.